The van der Waals surface area contributed by atoms with Gasteiger partial charge in [-0.3, -0.25) is 4.68 Å². The number of carbonyl (C=O) groups is 1. The number of allylic oxidation sites excluding steroid dienone is 2. The molecule has 0 atom stereocenters. The topological polar surface area (TPSA) is 55.1 Å². The predicted molar refractivity (Wildman–Crippen MR) is 58.1 cm³/mol. The summed E-state index contributed by atoms with van der Waals surface area (Å²) in [6, 6.07) is 0. The Balaban J connectivity index is 3.07. The monoisotopic (exact) mass is 208 g/mol. The zero-order valence-corrected chi connectivity index (χ0v) is 9.53. The highest BCUT2D eigenvalue weighted by atomic mass is 16.4. The van der Waals surface area contributed by atoms with Gasteiger partial charge in [-0.2, -0.15) is 5.10 Å². The molecule has 1 aromatic heterocycles. The second-order valence-electron chi connectivity index (χ2n) is 3.81. The SMILES string of the molecule is CC(C)=CCn1nc(C)c(C(=O)O)c1C. The fraction of sp³-hybridized carbons (Fsp3) is 0.455. The quantitative estimate of drug-likeness (QED) is 0.774. The van der Waals surface area contributed by atoms with Gasteiger partial charge in [-0.15, -0.1) is 0 Å². The Morgan fingerprint density at radius 3 is 2.47 bits per heavy atom. The molecule has 0 aliphatic rings. The summed E-state index contributed by atoms with van der Waals surface area (Å²) in [5.74, 6) is -0.909. The van der Waals surface area contributed by atoms with Crippen molar-refractivity contribution >= 4 is 5.97 Å². The van der Waals surface area contributed by atoms with Crippen molar-refractivity contribution in [1.29, 1.82) is 0 Å². The third-order valence-electron chi connectivity index (χ3n) is 2.27. The van der Waals surface area contributed by atoms with Crippen LogP contribution in [0.5, 0.6) is 0 Å². The molecule has 1 N–H and O–H groups in total. The molecular weight excluding hydrogens is 192 g/mol. The van der Waals surface area contributed by atoms with Crippen molar-refractivity contribution in [3.63, 3.8) is 0 Å². The van der Waals surface area contributed by atoms with E-state index in [1.807, 2.05) is 19.9 Å². The third kappa shape index (κ3) is 2.46. The first-order valence-corrected chi connectivity index (χ1v) is 4.84. The second kappa shape index (κ2) is 4.29. The number of hydrogen-bond donors (Lipinski definition) is 1. The first kappa shape index (κ1) is 11.5. The number of aromatic nitrogens is 2. The van der Waals surface area contributed by atoms with Crippen LogP contribution in [0.2, 0.25) is 0 Å². The zero-order valence-electron chi connectivity index (χ0n) is 9.53. The van der Waals surface area contributed by atoms with E-state index < -0.39 is 5.97 Å². The van der Waals surface area contributed by atoms with Crippen LogP contribution in [0, 0.1) is 13.8 Å². The molecule has 4 nitrogen and oxygen atoms in total. The Morgan fingerprint density at radius 2 is 2.07 bits per heavy atom. The molecular formula is C11H16N2O2. The molecule has 0 amide bonds. The smallest absolute Gasteiger partial charge is 0.339 e. The van der Waals surface area contributed by atoms with Gasteiger partial charge in [-0.05, 0) is 27.7 Å². The van der Waals surface area contributed by atoms with Gasteiger partial charge >= 0.3 is 5.97 Å². The lowest BCUT2D eigenvalue weighted by Crippen LogP contribution is -2.03. The fourth-order valence-electron chi connectivity index (χ4n) is 1.45. The van der Waals surface area contributed by atoms with E-state index in [4.69, 9.17) is 5.11 Å². The van der Waals surface area contributed by atoms with Gasteiger partial charge in [-0.25, -0.2) is 4.79 Å². The molecule has 0 unspecified atom stereocenters. The fourth-order valence-corrected chi connectivity index (χ4v) is 1.45. The number of rotatable bonds is 3. The minimum absolute atomic E-state index is 0.317. The Bertz CT molecular complexity index is 412. The second-order valence-corrected chi connectivity index (χ2v) is 3.81. The van der Waals surface area contributed by atoms with Crippen LogP contribution in [0.4, 0.5) is 0 Å². The van der Waals surface area contributed by atoms with Gasteiger partial charge < -0.3 is 5.11 Å². The number of aromatic carboxylic acids is 1. The number of carboxylic acid groups (broad SMARTS) is 1. The summed E-state index contributed by atoms with van der Waals surface area (Å²) < 4.78 is 1.71. The summed E-state index contributed by atoms with van der Waals surface area (Å²) in [6.07, 6.45) is 2.02. The van der Waals surface area contributed by atoms with Crippen LogP contribution in [-0.2, 0) is 6.54 Å². The third-order valence-corrected chi connectivity index (χ3v) is 2.27. The standard InChI is InChI=1S/C11H16N2O2/c1-7(2)5-6-13-9(4)10(11(14)15)8(3)12-13/h5H,6H2,1-4H3,(H,14,15). The lowest BCUT2D eigenvalue weighted by Gasteiger charge is -2.00. The molecule has 0 saturated carbocycles. The van der Waals surface area contributed by atoms with Gasteiger partial charge in [0.05, 0.1) is 17.9 Å². The van der Waals surface area contributed by atoms with Gasteiger partial charge in [0, 0.05) is 0 Å². The molecule has 82 valence electrons. The van der Waals surface area contributed by atoms with Crippen LogP contribution in [0.25, 0.3) is 0 Å². The Hall–Kier alpha value is -1.58. The minimum Gasteiger partial charge on any atom is -0.478 e. The van der Waals surface area contributed by atoms with E-state index in [1.165, 1.54) is 5.57 Å². The molecule has 0 radical (unpaired) electrons. The van der Waals surface area contributed by atoms with Crippen LogP contribution in [-0.4, -0.2) is 20.9 Å². The van der Waals surface area contributed by atoms with Gasteiger partial charge in [0.1, 0.15) is 5.56 Å². The van der Waals surface area contributed by atoms with E-state index in [0.717, 1.165) is 0 Å². The number of hydrogen-bond acceptors (Lipinski definition) is 2. The lowest BCUT2D eigenvalue weighted by molar-refractivity contribution is 0.0695. The largest absolute Gasteiger partial charge is 0.478 e. The molecule has 1 heterocycles. The molecule has 0 spiro atoms. The number of nitrogens with zero attached hydrogens (tertiary/aromatic N) is 2. The van der Waals surface area contributed by atoms with Gasteiger partial charge in [0.2, 0.25) is 0 Å². The van der Waals surface area contributed by atoms with E-state index in [1.54, 1.807) is 18.5 Å². The average molecular weight is 208 g/mol. The van der Waals surface area contributed by atoms with Crippen LogP contribution in [0.15, 0.2) is 11.6 Å². The molecule has 1 rings (SSSR count). The van der Waals surface area contributed by atoms with E-state index in [2.05, 4.69) is 5.10 Å². The summed E-state index contributed by atoms with van der Waals surface area (Å²) in [5, 5.41) is 13.2. The van der Waals surface area contributed by atoms with E-state index in [-0.39, 0.29) is 0 Å². The maximum Gasteiger partial charge on any atom is 0.339 e. The Morgan fingerprint density at radius 1 is 1.47 bits per heavy atom. The van der Waals surface area contributed by atoms with Gasteiger partial charge in [-0.1, -0.05) is 11.6 Å². The maximum absolute atomic E-state index is 10.9. The first-order chi connectivity index (χ1) is 6.93. The van der Waals surface area contributed by atoms with Crippen molar-refractivity contribution in [3.05, 3.63) is 28.6 Å². The van der Waals surface area contributed by atoms with Crippen LogP contribution in [0.3, 0.4) is 0 Å². The number of aryl methyl sites for hydroxylation is 1. The average Bonchev–Trinajstić information content (AvgIpc) is 2.37. The molecule has 0 bridgehead atoms. The summed E-state index contributed by atoms with van der Waals surface area (Å²) in [4.78, 5) is 10.9. The van der Waals surface area contributed by atoms with Crippen LogP contribution >= 0.6 is 0 Å². The lowest BCUT2D eigenvalue weighted by atomic mass is 10.2. The predicted octanol–water partition coefficient (Wildman–Crippen LogP) is 2.16. The van der Waals surface area contributed by atoms with Gasteiger partial charge in [0.15, 0.2) is 0 Å². The van der Waals surface area contributed by atoms with Crippen molar-refractivity contribution in [2.45, 2.75) is 34.2 Å². The summed E-state index contributed by atoms with van der Waals surface area (Å²) in [7, 11) is 0. The highest BCUT2D eigenvalue weighted by Gasteiger charge is 2.16. The Labute approximate surface area is 89.2 Å². The van der Waals surface area contributed by atoms with Crippen molar-refractivity contribution in [2.75, 3.05) is 0 Å². The van der Waals surface area contributed by atoms with Crippen molar-refractivity contribution in [1.82, 2.24) is 9.78 Å². The molecule has 0 fully saturated rings. The van der Waals surface area contributed by atoms with Crippen molar-refractivity contribution in [3.8, 4) is 0 Å². The van der Waals surface area contributed by atoms with E-state index in [0.29, 0.717) is 23.5 Å². The summed E-state index contributed by atoms with van der Waals surface area (Å²) in [6.45, 7) is 8.13. The van der Waals surface area contributed by atoms with E-state index >= 15 is 0 Å². The van der Waals surface area contributed by atoms with Crippen LogP contribution in [0.1, 0.15) is 35.6 Å². The highest BCUT2D eigenvalue weighted by Crippen LogP contribution is 2.12. The molecule has 0 saturated heterocycles. The van der Waals surface area contributed by atoms with Crippen LogP contribution < -0.4 is 0 Å². The minimum atomic E-state index is -0.909. The highest BCUT2D eigenvalue weighted by molar-refractivity contribution is 5.90. The maximum atomic E-state index is 10.9. The Kier molecular flexibility index (Phi) is 3.29. The van der Waals surface area contributed by atoms with E-state index in [9.17, 15) is 4.79 Å². The van der Waals surface area contributed by atoms with Gasteiger partial charge in [0.25, 0.3) is 0 Å². The molecule has 15 heavy (non-hydrogen) atoms. The molecule has 0 aromatic carbocycles. The molecule has 0 aliphatic carbocycles. The molecule has 0 aliphatic heterocycles. The van der Waals surface area contributed by atoms with Crippen molar-refractivity contribution in [2.24, 2.45) is 0 Å². The first-order valence-electron chi connectivity index (χ1n) is 4.84. The normalized spacial score (nSPS) is 10.1. The zero-order chi connectivity index (χ0) is 11.6. The summed E-state index contributed by atoms with van der Waals surface area (Å²) in [5.41, 5.74) is 2.79. The summed E-state index contributed by atoms with van der Waals surface area (Å²) >= 11 is 0. The number of carboxylic acids is 1. The molecule has 4 heteroatoms. The molecule has 1 aromatic rings. The van der Waals surface area contributed by atoms with Crippen molar-refractivity contribution < 1.29 is 9.90 Å².